The third-order valence-corrected chi connectivity index (χ3v) is 1.68. The lowest BCUT2D eigenvalue weighted by Gasteiger charge is -1.85. The molecule has 56 valence electrons. The average Bonchev–Trinajstić information content (AvgIpc) is 2.11. The highest BCUT2D eigenvalue weighted by atomic mass is 32.2. The molecule has 0 amide bonds. The standard InChI is InChI=1S/C4H6N2O3S/c1-6-2-4(5-3-6)10(7,8)9/h2-3H,1H3,(H,7,8,9). The van der Waals surface area contributed by atoms with Crippen molar-refractivity contribution in [3.8, 4) is 0 Å². The van der Waals surface area contributed by atoms with Gasteiger partial charge in [0.25, 0.3) is 0 Å². The van der Waals surface area contributed by atoms with E-state index in [0.29, 0.717) is 0 Å². The van der Waals surface area contributed by atoms with Crippen molar-refractivity contribution in [2.24, 2.45) is 7.05 Å². The van der Waals surface area contributed by atoms with Crippen molar-refractivity contribution in [2.45, 2.75) is 5.03 Å². The molecular weight excluding hydrogens is 156 g/mol. The van der Waals surface area contributed by atoms with Crippen molar-refractivity contribution in [2.75, 3.05) is 0 Å². The van der Waals surface area contributed by atoms with Crippen LogP contribution in [0.2, 0.25) is 0 Å². The van der Waals surface area contributed by atoms with Crippen LogP contribution in [0.15, 0.2) is 17.6 Å². The van der Waals surface area contributed by atoms with Crippen molar-refractivity contribution >= 4 is 10.1 Å². The predicted octanol–water partition coefficient (Wildman–Crippen LogP) is -0.333. The van der Waals surface area contributed by atoms with Crippen molar-refractivity contribution in [1.29, 1.82) is 0 Å². The Morgan fingerprint density at radius 1 is 1.70 bits per heavy atom. The van der Waals surface area contributed by atoms with E-state index >= 15 is 0 Å². The Kier molecular flexibility index (Phi) is 1.49. The molecule has 0 saturated carbocycles. The number of aromatic nitrogens is 2. The molecule has 0 radical (unpaired) electrons. The molecule has 0 saturated heterocycles. The molecule has 1 aromatic heterocycles. The van der Waals surface area contributed by atoms with Gasteiger partial charge in [-0.2, -0.15) is 8.42 Å². The maximum Gasteiger partial charge on any atom is 0.313 e. The zero-order valence-corrected chi connectivity index (χ0v) is 6.04. The Morgan fingerprint density at radius 3 is 2.50 bits per heavy atom. The molecule has 1 rings (SSSR count). The molecule has 0 aliphatic rings. The fourth-order valence-electron chi connectivity index (χ4n) is 0.522. The topological polar surface area (TPSA) is 72.2 Å². The second-order valence-corrected chi connectivity index (χ2v) is 3.22. The number of imidazole rings is 1. The van der Waals surface area contributed by atoms with Gasteiger partial charge >= 0.3 is 10.1 Å². The highest BCUT2D eigenvalue weighted by Gasteiger charge is 2.11. The molecule has 0 fully saturated rings. The highest BCUT2D eigenvalue weighted by Crippen LogP contribution is 2.01. The SMILES string of the molecule is Cn1cnc(S(=O)(=O)O)c1. The largest absolute Gasteiger partial charge is 0.339 e. The maximum atomic E-state index is 10.3. The number of hydrogen-bond acceptors (Lipinski definition) is 3. The first kappa shape index (κ1) is 7.23. The van der Waals surface area contributed by atoms with Crippen LogP contribution < -0.4 is 0 Å². The Hall–Kier alpha value is -0.880. The van der Waals surface area contributed by atoms with Crippen LogP contribution in [0.5, 0.6) is 0 Å². The van der Waals surface area contributed by atoms with Gasteiger partial charge in [-0.3, -0.25) is 4.55 Å². The van der Waals surface area contributed by atoms with E-state index in [2.05, 4.69) is 4.98 Å². The third kappa shape index (κ3) is 1.34. The van der Waals surface area contributed by atoms with E-state index in [0.717, 1.165) is 0 Å². The van der Waals surface area contributed by atoms with Crippen LogP contribution in [0.25, 0.3) is 0 Å². The Balaban J connectivity index is 3.21. The summed E-state index contributed by atoms with van der Waals surface area (Å²) in [5.41, 5.74) is 0. The van der Waals surface area contributed by atoms with Crippen molar-refractivity contribution in [1.82, 2.24) is 9.55 Å². The van der Waals surface area contributed by atoms with E-state index < -0.39 is 10.1 Å². The summed E-state index contributed by atoms with van der Waals surface area (Å²) in [7, 11) is -2.50. The number of hydrogen-bond donors (Lipinski definition) is 1. The third-order valence-electron chi connectivity index (χ3n) is 0.945. The molecule has 0 bridgehead atoms. The summed E-state index contributed by atoms with van der Waals surface area (Å²) in [6, 6.07) is 0. The lowest BCUT2D eigenvalue weighted by Crippen LogP contribution is -1.97. The summed E-state index contributed by atoms with van der Waals surface area (Å²) in [6.45, 7) is 0. The van der Waals surface area contributed by atoms with Gasteiger partial charge in [-0.25, -0.2) is 4.98 Å². The summed E-state index contributed by atoms with van der Waals surface area (Å²) < 4.78 is 30.5. The van der Waals surface area contributed by atoms with Gasteiger partial charge in [0.15, 0.2) is 5.03 Å². The zero-order chi connectivity index (χ0) is 7.78. The quantitative estimate of drug-likeness (QED) is 0.574. The van der Waals surface area contributed by atoms with E-state index in [1.807, 2.05) is 0 Å². The van der Waals surface area contributed by atoms with E-state index in [1.165, 1.54) is 17.1 Å². The normalized spacial score (nSPS) is 11.8. The minimum Gasteiger partial charge on any atom is -0.339 e. The van der Waals surface area contributed by atoms with Gasteiger partial charge in [0.1, 0.15) is 0 Å². The van der Waals surface area contributed by atoms with Crippen LogP contribution in [0, 0.1) is 0 Å². The fraction of sp³-hybridized carbons (Fsp3) is 0.250. The Bertz CT molecular complexity index is 326. The van der Waals surface area contributed by atoms with Gasteiger partial charge < -0.3 is 4.57 Å². The van der Waals surface area contributed by atoms with Crippen molar-refractivity contribution in [3.05, 3.63) is 12.5 Å². The van der Waals surface area contributed by atoms with Gasteiger partial charge in [-0.1, -0.05) is 0 Å². The second-order valence-electron chi connectivity index (χ2n) is 1.85. The summed E-state index contributed by atoms with van der Waals surface area (Å²) in [6.07, 6.45) is 2.51. The lowest BCUT2D eigenvalue weighted by molar-refractivity contribution is 0.479. The predicted molar refractivity (Wildman–Crippen MR) is 33.0 cm³/mol. The summed E-state index contributed by atoms with van der Waals surface area (Å²) in [5.74, 6) is 0. The van der Waals surface area contributed by atoms with Gasteiger partial charge in [0, 0.05) is 13.2 Å². The van der Waals surface area contributed by atoms with Crippen LogP contribution in [0.4, 0.5) is 0 Å². The van der Waals surface area contributed by atoms with Crippen LogP contribution >= 0.6 is 0 Å². The summed E-state index contributed by atoms with van der Waals surface area (Å²) >= 11 is 0. The van der Waals surface area contributed by atoms with Crippen LogP contribution in [-0.2, 0) is 17.2 Å². The molecule has 0 aromatic carbocycles. The molecule has 0 unspecified atom stereocenters. The first-order chi connectivity index (χ1) is 4.50. The maximum absolute atomic E-state index is 10.3. The second kappa shape index (κ2) is 2.06. The zero-order valence-electron chi connectivity index (χ0n) is 5.22. The lowest BCUT2D eigenvalue weighted by atomic mass is 10.9. The van der Waals surface area contributed by atoms with Crippen LogP contribution in [-0.4, -0.2) is 22.5 Å². The first-order valence-corrected chi connectivity index (χ1v) is 3.89. The summed E-state index contributed by atoms with van der Waals surface area (Å²) in [5, 5.41) is -0.324. The smallest absolute Gasteiger partial charge is 0.313 e. The van der Waals surface area contributed by atoms with Gasteiger partial charge in [-0.15, -0.1) is 0 Å². The average molecular weight is 162 g/mol. The van der Waals surface area contributed by atoms with Gasteiger partial charge in [-0.05, 0) is 0 Å². The van der Waals surface area contributed by atoms with Crippen LogP contribution in [0.3, 0.4) is 0 Å². The molecule has 5 nitrogen and oxygen atoms in total. The molecule has 0 aliphatic carbocycles. The molecule has 0 aliphatic heterocycles. The molecule has 0 atom stereocenters. The van der Waals surface area contributed by atoms with Gasteiger partial charge in [0.2, 0.25) is 0 Å². The Labute approximate surface area is 58.1 Å². The molecular formula is C4H6N2O3S. The van der Waals surface area contributed by atoms with E-state index in [9.17, 15) is 8.42 Å². The fourth-order valence-corrected chi connectivity index (χ4v) is 1.00. The number of rotatable bonds is 1. The van der Waals surface area contributed by atoms with Crippen molar-refractivity contribution in [3.63, 3.8) is 0 Å². The first-order valence-electron chi connectivity index (χ1n) is 2.45. The Morgan fingerprint density at radius 2 is 2.30 bits per heavy atom. The summed E-state index contributed by atoms with van der Waals surface area (Å²) in [4.78, 5) is 3.41. The van der Waals surface area contributed by atoms with Crippen molar-refractivity contribution < 1.29 is 13.0 Å². The van der Waals surface area contributed by atoms with E-state index in [4.69, 9.17) is 4.55 Å². The monoisotopic (exact) mass is 162 g/mol. The molecule has 0 spiro atoms. The molecule has 6 heteroatoms. The van der Waals surface area contributed by atoms with E-state index in [1.54, 1.807) is 7.05 Å². The molecule has 10 heavy (non-hydrogen) atoms. The minimum absolute atomic E-state index is 0.324. The number of aryl methyl sites for hydroxylation is 1. The molecule has 1 aromatic rings. The highest BCUT2D eigenvalue weighted by molar-refractivity contribution is 7.85. The van der Waals surface area contributed by atoms with Crippen LogP contribution in [0.1, 0.15) is 0 Å². The molecule has 1 N–H and O–H groups in total. The molecule has 1 heterocycles. The van der Waals surface area contributed by atoms with E-state index in [-0.39, 0.29) is 5.03 Å². The number of nitrogens with zero attached hydrogens (tertiary/aromatic N) is 2. The minimum atomic E-state index is -4.11. The van der Waals surface area contributed by atoms with Gasteiger partial charge in [0.05, 0.1) is 6.33 Å².